The van der Waals surface area contributed by atoms with Crippen molar-refractivity contribution < 1.29 is 4.74 Å². The molecule has 0 radical (unpaired) electrons. The molecule has 0 bridgehead atoms. The van der Waals surface area contributed by atoms with Gasteiger partial charge < -0.3 is 9.72 Å². The van der Waals surface area contributed by atoms with E-state index in [1.54, 1.807) is 13.2 Å². The first-order chi connectivity index (χ1) is 16.1. The molecule has 0 spiro atoms. The van der Waals surface area contributed by atoms with Gasteiger partial charge in [0.1, 0.15) is 11.6 Å². The van der Waals surface area contributed by atoms with Crippen LogP contribution < -0.4 is 10.3 Å². The number of nitrogens with one attached hydrogen (secondary N) is 1. The van der Waals surface area contributed by atoms with E-state index in [0.29, 0.717) is 27.7 Å². The molecule has 0 aliphatic rings. The number of hydrogen-bond donors (Lipinski definition) is 1. The van der Waals surface area contributed by atoms with Crippen LogP contribution in [-0.4, -0.2) is 31.8 Å². The first-order valence-electron chi connectivity index (χ1n) is 10.4. The van der Waals surface area contributed by atoms with Gasteiger partial charge in [-0.1, -0.05) is 54.2 Å². The highest BCUT2D eigenvalue weighted by molar-refractivity contribution is 7.99. The molecule has 0 unspecified atom stereocenters. The monoisotopic (exact) mass is 455 g/mol. The van der Waals surface area contributed by atoms with E-state index < -0.39 is 0 Å². The lowest BCUT2D eigenvalue weighted by Crippen LogP contribution is -2.13. The SMILES string of the molecule is COc1cccc(-c2nnc(S[C@@H](C)c3nc4ccccc4c(=O)[nH]3)n2-c2ccccc2)c1. The molecule has 5 aromatic rings. The van der Waals surface area contributed by atoms with Gasteiger partial charge in [-0.05, 0) is 43.3 Å². The first-order valence-corrected chi connectivity index (χ1v) is 11.3. The van der Waals surface area contributed by atoms with E-state index in [0.717, 1.165) is 17.0 Å². The second-order valence-electron chi connectivity index (χ2n) is 7.44. The average molecular weight is 456 g/mol. The summed E-state index contributed by atoms with van der Waals surface area (Å²) in [6.45, 7) is 1.99. The zero-order chi connectivity index (χ0) is 22.8. The number of rotatable bonds is 6. The van der Waals surface area contributed by atoms with Crippen LogP contribution in [0, 0.1) is 0 Å². The number of thioether (sulfide) groups is 1. The number of methoxy groups -OCH3 is 1. The molecule has 0 saturated carbocycles. The standard InChI is InChI=1S/C25H21N5O2S/c1-16(22-26-21-14-7-6-13-20(21)24(31)27-22)33-25-29-28-23(17-9-8-12-19(15-17)32-2)30(25)18-10-4-3-5-11-18/h3-16H,1-2H3,(H,26,27,31)/t16-/m0/s1. The molecule has 33 heavy (non-hydrogen) atoms. The third kappa shape index (κ3) is 4.12. The summed E-state index contributed by atoms with van der Waals surface area (Å²) < 4.78 is 7.40. The topological polar surface area (TPSA) is 85.7 Å². The van der Waals surface area contributed by atoms with Gasteiger partial charge in [-0.3, -0.25) is 9.36 Å². The van der Waals surface area contributed by atoms with Gasteiger partial charge in [0.2, 0.25) is 0 Å². The van der Waals surface area contributed by atoms with E-state index >= 15 is 0 Å². The van der Waals surface area contributed by atoms with Crippen LogP contribution in [0.1, 0.15) is 18.0 Å². The second-order valence-corrected chi connectivity index (χ2v) is 8.75. The molecule has 0 amide bonds. The highest BCUT2D eigenvalue weighted by atomic mass is 32.2. The Bertz CT molecular complexity index is 1480. The third-order valence-electron chi connectivity index (χ3n) is 5.27. The molecule has 3 aromatic carbocycles. The molecule has 0 saturated heterocycles. The van der Waals surface area contributed by atoms with Crippen molar-refractivity contribution in [3.05, 3.63) is 95.0 Å². The van der Waals surface area contributed by atoms with Crippen molar-refractivity contribution in [3.63, 3.8) is 0 Å². The van der Waals surface area contributed by atoms with Crippen LogP contribution >= 0.6 is 11.8 Å². The molecule has 1 atom stereocenters. The molecule has 0 aliphatic carbocycles. The fraction of sp³-hybridized carbons (Fsp3) is 0.120. The molecule has 7 nitrogen and oxygen atoms in total. The Labute approximate surface area is 194 Å². The third-order valence-corrected chi connectivity index (χ3v) is 6.33. The molecule has 1 N–H and O–H groups in total. The van der Waals surface area contributed by atoms with Crippen molar-refractivity contribution in [2.75, 3.05) is 7.11 Å². The molecular weight excluding hydrogens is 434 g/mol. The van der Waals surface area contributed by atoms with E-state index in [1.165, 1.54) is 11.8 Å². The number of para-hydroxylation sites is 2. The van der Waals surface area contributed by atoms with Crippen molar-refractivity contribution >= 4 is 22.7 Å². The lowest BCUT2D eigenvalue weighted by Gasteiger charge is -2.14. The molecule has 164 valence electrons. The van der Waals surface area contributed by atoms with Gasteiger partial charge in [0, 0.05) is 11.3 Å². The summed E-state index contributed by atoms with van der Waals surface area (Å²) in [7, 11) is 1.64. The van der Waals surface area contributed by atoms with Gasteiger partial charge in [0.15, 0.2) is 11.0 Å². The summed E-state index contributed by atoms with van der Waals surface area (Å²) in [6, 6.07) is 25.0. The second kappa shape index (κ2) is 8.91. The van der Waals surface area contributed by atoms with E-state index in [2.05, 4.69) is 20.2 Å². The minimum Gasteiger partial charge on any atom is -0.497 e. The summed E-state index contributed by atoms with van der Waals surface area (Å²) in [5.41, 5.74) is 2.35. The van der Waals surface area contributed by atoms with E-state index in [4.69, 9.17) is 4.74 Å². The van der Waals surface area contributed by atoms with Crippen molar-refractivity contribution in [1.82, 2.24) is 24.7 Å². The largest absolute Gasteiger partial charge is 0.497 e. The van der Waals surface area contributed by atoms with E-state index in [1.807, 2.05) is 84.3 Å². The van der Waals surface area contributed by atoms with Gasteiger partial charge in [-0.2, -0.15) is 0 Å². The van der Waals surface area contributed by atoms with E-state index in [9.17, 15) is 4.79 Å². The maximum atomic E-state index is 12.5. The summed E-state index contributed by atoms with van der Waals surface area (Å²) >= 11 is 1.49. The zero-order valence-electron chi connectivity index (χ0n) is 18.1. The first kappa shape index (κ1) is 21.0. The maximum Gasteiger partial charge on any atom is 0.258 e. The molecule has 0 fully saturated rings. The van der Waals surface area contributed by atoms with Crippen LogP contribution in [0.4, 0.5) is 0 Å². The van der Waals surface area contributed by atoms with Gasteiger partial charge >= 0.3 is 0 Å². The number of benzene rings is 3. The normalized spacial score (nSPS) is 12.1. The number of hydrogen-bond acceptors (Lipinski definition) is 6. The minimum atomic E-state index is -0.160. The van der Waals surface area contributed by atoms with Gasteiger partial charge in [0.05, 0.1) is 23.3 Å². The predicted molar refractivity (Wildman–Crippen MR) is 130 cm³/mol. The lowest BCUT2D eigenvalue weighted by atomic mass is 10.2. The Hall–Kier alpha value is -3.91. The van der Waals surface area contributed by atoms with Crippen LogP contribution in [0.5, 0.6) is 5.75 Å². The highest BCUT2D eigenvalue weighted by Gasteiger charge is 2.21. The van der Waals surface area contributed by atoms with Gasteiger partial charge in [0.25, 0.3) is 5.56 Å². The summed E-state index contributed by atoms with van der Waals surface area (Å²) in [4.78, 5) is 20.1. The summed E-state index contributed by atoms with van der Waals surface area (Å²) in [5, 5.41) is 10.1. The Kier molecular flexibility index (Phi) is 5.66. The summed E-state index contributed by atoms with van der Waals surface area (Å²) in [6.07, 6.45) is 0. The van der Waals surface area contributed by atoms with Crippen molar-refractivity contribution in [1.29, 1.82) is 0 Å². The number of nitrogens with zero attached hydrogens (tertiary/aromatic N) is 4. The number of ether oxygens (including phenoxy) is 1. The molecule has 5 rings (SSSR count). The van der Waals surface area contributed by atoms with E-state index in [-0.39, 0.29) is 10.8 Å². The van der Waals surface area contributed by atoms with Crippen molar-refractivity contribution in [2.24, 2.45) is 0 Å². The Balaban J connectivity index is 1.57. The Morgan fingerprint density at radius 2 is 1.76 bits per heavy atom. The molecule has 8 heteroatoms. The number of H-pyrrole nitrogens is 1. The van der Waals surface area contributed by atoms with Crippen LogP contribution in [0.2, 0.25) is 0 Å². The van der Waals surface area contributed by atoms with Crippen LogP contribution in [0.25, 0.3) is 28.0 Å². The predicted octanol–water partition coefficient (Wildman–Crippen LogP) is 5.03. The molecule has 2 heterocycles. The van der Waals surface area contributed by atoms with Gasteiger partial charge in [-0.15, -0.1) is 10.2 Å². The number of aromatic nitrogens is 5. The fourth-order valence-electron chi connectivity index (χ4n) is 3.62. The van der Waals surface area contributed by atoms with Crippen molar-refractivity contribution in [2.45, 2.75) is 17.3 Å². The molecular formula is C25H21N5O2S. The van der Waals surface area contributed by atoms with Crippen LogP contribution in [0.15, 0.2) is 88.8 Å². The van der Waals surface area contributed by atoms with Crippen LogP contribution in [-0.2, 0) is 0 Å². The lowest BCUT2D eigenvalue weighted by molar-refractivity contribution is 0.415. The highest BCUT2D eigenvalue weighted by Crippen LogP contribution is 2.36. The molecule has 2 aromatic heterocycles. The smallest absolute Gasteiger partial charge is 0.258 e. The Morgan fingerprint density at radius 3 is 2.58 bits per heavy atom. The van der Waals surface area contributed by atoms with Gasteiger partial charge in [-0.25, -0.2) is 4.98 Å². The zero-order valence-corrected chi connectivity index (χ0v) is 18.9. The number of fused-ring (bicyclic) bond motifs is 1. The maximum absolute atomic E-state index is 12.5. The quantitative estimate of drug-likeness (QED) is 0.361. The Morgan fingerprint density at radius 1 is 0.970 bits per heavy atom. The minimum absolute atomic E-state index is 0.148. The fourth-order valence-corrected chi connectivity index (χ4v) is 4.54. The van der Waals surface area contributed by atoms with Crippen molar-refractivity contribution in [3.8, 4) is 22.8 Å². The average Bonchev–Trinajstić information content (AvgIpc) is 3.28. The van der Waals surface area contributed by atoms with Crippen LogP contribution in [0.3, 0.4) is 0 Å². The summed E-state index contributed by atoms with van der Waals surface area (Å²) in [5.74, 6) is 2.04. The molecule has 0 aliphatic heterocycles. The number of aromatic amines is 1.